The third-order valence-corrected chi connectivity index (χ3v) is 1.30. The third-order valence-electron chi connectivity index (χ3n) is 1.30. The zero-order valence-electron chi connectivity index (χ0n) is 5.94. The number of H-pyrrole nitrogens is 1. The summed E-state index contributed by atoms with van der Waals surface area (Å²) in [6, 6.07) is 3.44. The Hall–Kier alpha value is -1.91. The maximum atomic E-state index is 10.5. The van der Waals surface area contributed by atoms with Gasteiger partial charge in [-0.05, 0) is 12.1 Å². The molecule has 0 saturated carbocycles. The van der Waals surface area contributed by atoms with Gasteiger partial charge in [-0.25, -0.2) is 4.79 Å². The van der Waals surface area contributed by atoms with Gasteiger partial charge in [0, 0.05) is 11.8 Å². The van der Waals surface area contributed by atoms with E-state index in [-0.39, 0.29) is 0 Å². The summed E-state index contributed by atoms with van der Waals surface area (Å²) in [4.78, 5) is 16.7. The number of nitrogens with one attached hydrogen (secondary N) is 1. The van der Waals surface area contributed by atoms with Crippen LogP contribution < -0.4 is 5.76 Å². The quantitative estimate of drug-likeness (QED) is 0.651. The summed E-state index contributed by atoms with van der Waals surface area (Å²) < 4.78 is 4.31. The lowest BCUT2D eigenvalue weighted by Gasteiger charge is -1.88. The first kappa shape index (κ1) is 6.78. The number of hydrogen-bond acceptors (Lipinski definition) is 4. The van der Waals surface area contributed by atoms with E-state index in [4.69, 9.17) is 0 Å². The number of aromatic amines is 1. The molecule has 0 aliphatic carbocycles. The van der Waals surface area contributed by atoms with Gasteiger partial charge in [-0.1, -0.05) is 5.16 Å². The van der Waals surface area contributed by atoms with Gasteiger partial charge in [-0.2, -0.15) is 0 Å². The summed E-state index contributed by atoms with van der Waals surface area (Å²) in [6.07, 6.45) is 4.24. The van der Waals surface area contributed by atoms with Crippen molar-refractivity contribution in [3.63, 3.8) is 0 Å². The summed E-state index contributed by atoms with van der Waals surface area (Å²) in [5.74, 6) is -0.240. The van der Waals surface area contributed by atoms with Gasteiger partial charge < -0.3 is 0 Å². The van der Waals surface area contributed by atoms with Gasteiger partial charge in [0.05, 0.1) is 0 Å². The fourth-order valence-corrected chi connectivity index (χ4v) is 0.804. The van der Waals surface area contributed by atoms with Gasteiger partial charge >= 0.3 is 5.76 Å². The summed E-state index contributed by atoms with van der Waals surface area (Å²) in [6.45, 7) is 0. The molecule has 2 rings (SSSR count). The number of aromatic nitrogens is 3. The Morgan fingerprint density at radius 1 is 1.58 bits per heavy atom. The van der Waals surface area contributed by atoms with Crippen molar-refractivity contribution in [2.24, 2.45) is 0 Å². The molecule has 59 valence electrons. The van der Waals surface area contributed by atoms with E-state index >= 15 is 0 Å². The Bertz CT molecular complexity index is 417. The molecule has 2 aromatic rings. The fraction of sp³-hybridized carbons (Fsp3) is 0. The number of hydrogen-bond donors (Lipinski definition) is 1. The molecule has 2 heterocycles. The van der Waals surface area contributed by atoms with E-state index in [0.29, 0.717) is 11.4 Å². The van der Waals surface area contributed by atoms with E-state index in [1.54, 1.807) is 18.3 Å². The predicted octanol–water partition coefficient (Wildman–Crippen LogP) is 0.225. The van der Waals surface area contributed by atoms with E-state index in [1.165, 1.54) is 0 Å². The monoisotopic (exact) mass is 162 g/mol. The first-order valence-corrected chi connectivity index (χ1v) is 3.25. The lowest BCUT2D eigenvalue weighted by Crippen LogP contribution is -1.94. The van der Waals surface area contributed by atoms with Crippen molar-refractivity contribution in [1.29, 1.82) is 0 Å². The minimum atomic E-state index is -0.581. The zero-order valence-corrected chi connectivity index (χ0v) is 5.94. The third kappa shape index (κ3) is 1.12. The Balaban J connectivity index is 2.51. The average molecular weight is 162 g/mol. The van der Waals surface area contributed by atoms with Crippen LogP contribution in [-0.4, -0.2) is 15.1 Å². The molecule has 0 spiro atoms. The van der Waals surface area contributed by atoms with Gasteiger partial charge in [0.15, 0.2) is 5.82 Å². The molecule has 0 fully saturated rings. The van der Waals surface area contributed by atoms with Crippen LogP contribution in [0.1, 0.15) is 0 Å². The van der Waals surface area contributed by atoms with Crippen LogP contribution in [-0.2, 0) is 0 Å². The van der Waals surface area contributed by atoms with Crippen molar-refractivity contribution < 1.29 is 4.52 Å². The Kier molecular flexibility index (Phi) is 1.48. The first-order valence-electron chi connectivity index (χ1n) is 3.25. The Morgan fingerprint density at radius 2 is 2.50 bits per heavy atom. The van der Waals surface area contributed by atoms with Crippen LogP contribution in [0.25, 0.3) is 11.4 Å². The summed E-state index contributed by atoms with van der Waals surface area (Å²) in [5.41, 5.74) is 0.600. The molecule has 0 aromatic carbocycles. The van der Waals surface area contributed by atoms with Gasteiger partial charge in [0.2, 0.25) is 0 Å². The Morgan fingerprint density at radius 3 is 3.08 bits per heavy atom. The van der Waals surface area contributed by atoms with Gasteiger partial charge in [0.25, 0.3) is 0 Å². The molecule has 0 bridgehead atoms. The highest BCUT2D eigenvalue weighted by Gasteiger charge is 2.02. The van der Waals surface area contributed by atoms with E-state index in [1.807, 2.05) is 0 Å². The van der Waals surface area contributed by atoms with Crippen LogP contribution in [0.15, 0.2) is 27.6 Å². The van der Waals surface area contributed by atoms with Gasteiger partial charge in [-0.3, -0.25) is 14.5 Å². The van der Waals surface area contributed by atoms with E-state index in [2.05, 4.69) is 25.8 Å². The van der Waals surface area contributed by atoms with E-state index in [9.17, 15) is 4.79 Å². The summed E-state index contributed by atoms with van der Waals surface area (Å²) in [5, 5.41) is 3.47. The van der Waals surface area contributed by atoms with Crippen molar-refractivity contribution in [2.45, 2.75) is 0 Å². The fourth-order valence-electron chi connectivity index (χ4n) is 0.804. The number of rotatable bonds is 1. The largest absolute Gasteiger partial charge is 0.439 e. The molecule has 0 unspecified atom stereocenters. The molecule has 2 aromatic heterocycles. The van der Waals surface area contributed by atoms with Crippen molar-refractivity contribution in [2.75, 3.05) is 0 Å². The van der Waals surface area contributed by atoms with E-state index < -0.39 is 5.76 Å². The second-order valence-electron chi connectivity index (χ2n) is 2.11. The second kappa shape index (κ2) is 2.61. The smallest absolute Gasteiger partial charge is 0.296 e. The lowest BCUT2D eigenvalue weighted by atomic mass is 10.3. The molecule has 5 heteroatoms. The van der Waals surface area contributed by atoms with Gasteiger partial charge in [-0.15, -0.1) is 0 Å². The molecule has 1 N–H and O–H groups in total. The molecule has 0 aliphatic heterocycles. The van der Waals surface area contributed by atoms with Crippen LogP contribution >= 0.6 is 0 Å². The standard InChI is InChI=1S/C7H4N3O2/c11-7-9-6(10-12-7)5-2-1-3-8-4-5/h1-3H,(H,9,10,11). The topological polar surface area (TPSA) is 71.8 Å². The normalized spacial score (nSPS) is 10.0. The molecule has 0 amide bonds. The zero-order chi connectivity index (χ0) is 8.39. The lowest BCUT2D eigenvalue weighted by molar-refractivity contribution is 0.388. The minimum absolute atomic E-state index is 0.341. The molecule has 0 aliphatic rings. The number of nitrogens with zero attached hydrogens (tertiary/aromatic N) is 2. The predicted molar refractivity (Wildman–Crippen MR) is 39.2 cm³/mol. The van der Waals surface area contributed by atoms with Crippen molar-refractivity contribution in [1.82, 2.24) is 15.1 Å². The summed E-state index contributed by atoms with van der Waals surface area (Å²) in [7, 11) is 0. The molecular weight excluding hydrogens is 158 g/mol. The highest BCUT2D eigenvalue weighted by Crippen LogP contribution is 2.08. The van der Waals surface area contributed by atoms with Crippen LogP contribution in [0.3, 0.4) is 0 Å². The van der Waals surface area contributed by atoms with Gasteiger partial charge in [0.1, 0.15) is 6.20 Å². The van der Waals surface area contributed by atoms with Crippen LogP contribution in [0, 0.1) is 6.20 Å². The molecular formula is C7H4N3O2. The number of pyridine rings is 1. The maximum Gasteiger partial charge on any atom is 0.439 e. The van der Waals surface area contributed by atoms with Crippen LogP contribution in [0.4, 0.5) is 0 Å². The van der Waals surface area contributed by atoms with Crippen molar-refractivity contribution >= 4 is 0 Å². The second-order valence-corrected chi connectivity index (χ2v) is 2.11. The maximum absolute atomic E-state index is 10.5. The minimum Gasteiger partial charge on any atom is -0.296 e. The molecule has 0 saturated heterocycles. The Labute approximate surface area is 67.1 Å². The SMILES string of the molecule is O=c1[nH]c(-c2[c]nccc2)no1. The molecule has 5 nitrogen and oxygen atoms in total. The summed E-state index contributed by atoms with van der Waals surface area (Å²) >= 11 is 0. The van der Waals surface area contributed by atoms with E-state index in [0.717, 1.165) is 0 Å². The highest BCUT2D eigenvalue weighted by molar-refractivity contribution is 5.50. The van der Waals surface area contributed by atoms with Crippen molar-refractivity contribution in [3.8, 4) is 11.4 Å². The highest BCUT2D eigenvalue weighted by atomic mass is 16.5. The average Bonchev–Trinajstić information content (AvgIpc) is 2.54. The molecule has 1 radical (unpaired) electrons. The molecule has 12 heavy (non-hydrogen) atoms. The van der Waals surface area contributed by atoms with Crippen LogP contribution in [0.2, 0.25) is 0 Å². The van der Waals surface area contributed by atoms with Crippen LogP contribution in [0.5, 0.6) is 0 Å². The van der Waals surface area contributed by atoms with Crippen molar-refractivity contribution in [3.05, 3.63) is 35.1 Å². The first-order chi connectivity index (χ1) is 5.86. The molecule has 0 atom stereocenters.